The van der Waals surface area contributed by atoms with E-state index in [1.807, 2.05) is 6.07 Å². The second-order valence-corrected chi connectivity index (χ2v) is 5.17. The van der Waals surface area contributed by atoms with Gasteiger partial charge in [0, 0.05) is 25.5 Å². The molecule has 0 fully saturated rings. The molecule has 0 radical (unpaired) electrons. The third kappa shape index (κ3) is 5.19. The molecule has 1 rings (SSSR count). The first-order chi connectivity index (χ1) is 7.49. The van der Waals surface area contributed by atoms with Gasteiger partial charge >= 0.3 is 0 Å². The van der Waals surface area contributed by atoms with Crippen molar-refractivity contribution in [3.8, 4) is 0 Å². The Morgan fingerprint density at radius 1 is 1.25 bits per heavy atom. The van der Waals surface area contributed by atoms with Crippen LogP contribution in [0, 0.1) is 5.41 Å². The van der Waals surface area contributed by atoms with Crippen molar-refractivity contribution in [2.24, 2.45) is 5.41 Å². The van der Waals surface area contributed by atoms with Gasteiger partial charge in [-0.2, -0.15) is 0 Å². The number of nitrogens with one attached hydrogen (secondary N) is 1. The molecular formula is C12H22N4. The second kappa shape index (κ2) is 5.92. The van der Waals surface area contributed by atoms with Gasteiger partial charge in [0.25, 0.3) is 0 Å². The lowest BCUT2D eigenvalue weighted by Gasteiger charge is -2.28. The summed E-state index contributed by atoms with van der Waals surface area (Å²) in [5, 5.41) is 3.40. The molecular weight excluding hydrogens is 200 g/mol. The van der Waals surface area contributed by atoms with E-state index in [0.29, 0.717) is 0 Å². The zero-order valence-electron chi connectivity index (χ0n) is 10.7. The molecule has 0 aliphatic heterocycles. The van der Waals surface area contributed by atoms with E-state index in [4.69, 9.17) is 0 Å². The average Bonchev–Trinajstić information content (AvgIpc) is 2.16. The van der Waals surface area contributed by atoms with Crippen LogP contribution in [-0.4, -0.2) is 42.1 Å². The monoisotopic (exact) mass is 222 g/mol. The fourth-order valence-electron chi connectivity index (χ4n) is 1.85. The Morgan fingerprint density at radius 3 is 2.44 bits per heavy atom. The highest BCUT2D eigenvalue weighted by Crippen LogP contribution is 2.14. The van der Waals surface area contributed by atoms with Crippen LogP contribution < -0.4 is 5.32 Å². The van der Waals surface area contributed by atoms with Crippen LogP contribution in [0.2, 0.25) is 0 Å². The number of hydrogen-bond donors (Lipinski definition) is 1. The highest BCUT2D eigenvalue weighted by Gasteiger charge is 2.18. The van der Waals surface area contributed by atoms with Crippen LogP contribution in [0.25, 0.3) is 0 Å². The van der Waals surface area contributed by atoms with E-state index in [2.05, 4.69) is 48.1 Å². The Labute approximate surface area is 98.1 Å². The van der Waals surface area contributed by atoms with Gasteiger partial charge in [0.1, 0.15) is 5.82 Å². The maximum absolute atomic E-state index is 4.18. The van der Waals surface area contributed by atoms with Gasteiger partial charge in [0.2, 0.25) is 0 Å². The molecule has 0 amide bonds. The van der Waals surface area contributed by atoms with Gasteiger partial charge in [-0.25, -0.2) is 9.97 Å². The van der Waals surface area contributed by atoms with E-state index in [1.54, 1.807) is 12.4 Å². The zero-order chi connectivity index (χ0) is 12.0. The van der Waals surface area contributed by atoms with Crippen molar-refractivity contribution >= 4 is 0 Å². The summed E-state index contributed by atoms with van der Waals surface area (Å²) in [7, 11) is 4.20. The van der Waals surface area contributed by atoms with E-state index in [0.717, 1.165) is 25.5 Å². The van der Waals surface area contributed by atoms with Crippen molar-refractivity contribution in [2.45, 2.75) is 20.4 Å². The number of hydrogen-bond acceptors (Lipinski definition) is 4. The molecule has 4 heteroatoms. The Hall–Kier alpha value is -1.00. The number of rotatable bonds is 6. The third-order valence-corrected chi connectivity index (χ3v) is 2.25. The molecule has 0 aliphatic carbocycles. The van der Waals surface area contributed by atoms with Crippen LogP contribution >= 0.6 is 0 Å². The molecule has 0 spiro atoms. The van der Waals surface area contributed by atoms with E-state index in [9.17, 15) is 0 Å². The smallest absolute Gasteiger partial charge is 0.141 e. The normalized spacial score (nSPS) is 12.1. The molecule has 0 atom stereocenters. The maximum Gasteiger partial charge on any atom is 0.141 e. The van der Waals surface area contributed by atoms with Crippen molar-refractivity contribution in [1.29, 1.82) is 0 Å². The van der Waals surface area contributed by atoms with E-state index < -0.39 is 0 Å². The fourth-order valence-corrected chi connectivity index (χ4v) is 1.85. The van der Waals surface area contributed by atoms with Gasteiger partial charge < -0.3 is 10.2 Å². The lowest BCUT2D eigenvalue weighted by Crippen LogP contribution is -2.37. The molecule has 0 saturated heterocycles. The van der Waals surface area contributed by atoms with E-state index in [-0.39, 0.29) is 5.41 Å². The largest absolute Gasteiger partial charge is 0.309 e. The molecule has 0 bridgehead atoms. The summed E-state index contributed by atoms with van der Waals surface area (Å²) in [5.41, 5.74) is 0.262. The second-order valence-electron chi connectivity index (χ2n) is 5.17. The lowest BCUT2D eigenvalue weighted by molar-refractivity contribution is 0.231. The minimum atomic E-state index is 0.262. The Bertz CT molecular complexity index is 295. The van der Waals surface area contributed by atoms with E-state index in [1.165, 1.54) is 0 Å². The van der Waals surface area contributed by atoms with Gasteiger partial charge in [-0.05, 0) is 25.6 Å². The summed E-state index contributed by atoms with van der Waals surface area (Å²) < 4.78 is 0. The molecule has 0 aliphatic rings. The first-order valence-corrected chi connectivity index (χ1v) is 5.61. The molecule has 90 valence electrons. The molecule has 0 saturated carbocycles. The molecule has 0 aromatic carbocycles. The van der Waals surface area contributed by atoms with Crippen LogP contribution in [0.1, 0.15) is 19.7 Å². The summed E-state index contributed by atoms with van der Waals surface area (Å²) in [6.45, 7) is 7.27. The fraction of sp³-hybridized carbons (Fsp3) is 0.667. The third-order valence-electron chi connectivity index (χ3n) is 2.25. The lowest BCUT2D eigenvalue weighted by atomic mass is 9.93. The summed E-state index contributed by atoms with van der Waals surface area (Å²) in [6.07, 6.45) is 3.55. The van der Waals surface area contributed by atoms with Crippen molar-refractivity contribution in [3.05, 3.63) is 24.3 Å². The molecule has 4 nitrogen and oxygen atoms in total. The van der Waals surface area contributed by atoms with E-state index >= 15 is 0 Å². The van der Waals surface area contributed by atoms with Crippen LogP contribution in [0.5, 0.6) is 0 Å². The predicted octanol–water partition coefficient (Wildman–Crippen LogP) is 1.15. The van der Waals surface area contributed by atoms with Crippen molar-refractivity contribution in [3.63, 3.8) is 0 Å². The average molecular weight is 222 g/mol. The zero-order valence-corrected chi connectivity index (χ0v) is 10.7. The topological polar surface area (TPSA) is 41.0 Å². The first kappa shape index (κ1) is 13.1. The van der Waals surface area contributed by atoms with Crippen LogP contribution in [0.15, 0.2) is 18.5 Å². The van der Waals surface area contributed by atoms with Gasteiger partial charge in [-0.15, -0.1) is 0 Å². The molecule has 0 unspecified atom stereocenters. The molecule has 1 N–H and O–H groups in total. The van der Waals surface area contributed by atoms with Gasteiger partial charge in [-0.3, -0.25) is 0 Å². The Balaban J connectivity index is 2.30. The summed E-state index contributed by atoms with van der Waals surface area (Å²) in [6, 6.07) is 1.83. The standard InChI is InChI=1S/C12H22N4/c1-12(2,10-16(3)4)9-13-8-11-14-6-5-7-15-11/h5-7,13H,8-10H2,1-4H3. The highest BCUT2D eigenvalue weighted by atomic mass is 15.1. The van der Waals surface area contributed by atoms with Gasteiger partial charge in [0.15, 0.2) is 0 Å². The summed E-state index contributed by atoms with van der Waals surface area (Å²) >= 11 is 0. The molecule has 1 aromatic heterocycles. The van der Waals surface area contributed by atoms with Crippen LogP contribution in [0.3, 0.4) is 0 Å². The SMILES string of the molecule is CN(C)CC(C)(C)CNCc1ncccn1. The van der Waals surface area contributed by atoms with Crippen molar-refractivity contribution in [1.82, 2.24) is 20.2 Å². The maximum atomic E-state index is 4.18. The Kier molecular flexibility index (Phi) is 4.83. The number of aromatic nitrogens is 2. The highest BCUT2D eigenvalue weighted by molar-refractivity contribution is 4.88. The summed E-state index contributed by atoms with van der Waals surface area (Å²) in [4.78, 5) is 10.6. The molecule has 1 aromatic rings. The van der Waals surface area contributed by atoms with Crippen molar-refractivity contribution < 1.29 is 0 Å². The predicted molar refractivity (Wildman–Crippen MR) is 66.1 cm³/mol. The van der Waals surface area contributed by atoms with Crippen LogP contribution in [-0.2, 0) is 6.54 Å². The minimum absolute atomic E-state index is 0.262. The van der Waals surface area contributed by atoms with Crippen LogP contribution in [0.4, 0.5) is 0 Å². The molecule has 16 heavy (non-hydrogen) atoms. The molecule has 1 heterocycles. The number of nitrogens with zero attached hydrogens (tertiary/aromatic N) is 3. The van der Waals surface area contributed by atoms with Crippen molar-refractivity contribution in [2.75, 3.05) is 27.2 Å². The Morgan fingerprint density at radius 2 is 1.88 bits per heavy atom. The quantitative estimate of drug-likeness (QED) is 0.784. The minimum Gasteiger partial charge on any atom is -0.309 e. The summed E-state index contributed by atoms with van der Waals surface area (Å²) in [5.74, 6) is 0.850. The first-order valence-electron chi connectivity index (χ1n) is 5.61. The van der Waals surface area contributed by atoms with Gasteiger partial charge in [0.05, 0.1) is 6.54 Å². The van der Waals surface area contributed by atoms with Gasteiger partial charge in [-0.1, -0.05) is 13.8 Å².